The number of nitrogens with two attached hydrogens (primary N) is 1. The molecule has 1 aromatic carbocycles. The minimum atomic E-state index is -3.48. The summed E-state index contributed by atoms with van der Waals surface area (Å²) in [5.41, 5.74) is 6.33. The monoisotopic (exact) mass is 415 g/mol. The van der Waals surface area contributed by atoms with Crippen LogP contribution in [0.3, 0.4) is 0 Å². The van der Waals surface area contributed by atoms with Gasteiger partial charge in [-0.3, -0.25) is 4.79 Å². The topological polar surface area (TPSA) is 83.7 Å². The molecule has 8 heteroatoms. The summed E-state index contributed by atoms with van der Waals surface area (Å²) in [4.78, 5) is 14.9. The van der Waals surface area contributed by atoms with Gasteiger partial charge >= 0.3 is 0 Å². The zero-order valence-electron chi connectivity index (χ0n) is 15.8. The first-order valence-corrected chi connectivity index (χ1v) is 11.0. The minimum Gasteiger partial charge on any atom is -0.334 e. The molecule has 0 radical (unpaired) electrons. The molecule has 0 aliphatic carbocycles. The van der Waals surface area contributed by atoms with Crippen LogP contribution in [0.15, 0.2) is 29.2 Å². The SMILES string of the molecule is CC1CCN(S(=O)(=O)c2ccc(C(=O)N3CCCCC3CN)cc2)CC1.Cl. The number of hydrogen-bond donors (Lipinski definition) is 1. The third kappa shape index (κ3) is 4.83. The van der Waals surface area contributed by atoms with Gasteiger partial charge in [-0.25, -0.2) is 8.42 Å². The van der Waals surface area contributed by atoms with E-state index in [9.17, 15) is 13.2 Å². The third-order valence-electron chi connectivity index (χ3n) is 5.64. The number of benzene rings is 1. The lowest BCUT2D eigenvalue weighted by molar-refractivity contribution is 0.0623. The zero-order valence-corrected chi connectivity index (χ0v) is 17.5. The molecule has 2 saturated heterocycles. The Bertz CT molecular complexity index is 731. The number of sulfonamides is 1. The van der Waals surface area contributed by atoms with Crippen LogP contribution in [-0.2, 0) is 10.0 Å². The Balaban J connectivity index is 0.00000261. The zero-order chi connectivity index (χ0) is 18.7. The first kappa shape index (κ1) is 22.1. The molecule has 0 saturated carbocycles. The maximum absolute atomic E-state index is 12.8. The van der Waals surface area contributed by atoms with Crippen LogP contribution in [0.25, 0.3) is 0 Å². The highest BCUT2D eigenvalue weighted by molar-refractivity contribution is 7.89. The molecule has 1 aromatic rings. The standard InChI is InChI=1S/C19H29N3O3S.ClH/c1-15-9-12-21(13-10-15)26(24,25)18-7-5-16(6-8-18)19(23)22-11-3-2-4-17(22)14-20;/h5-8,15,17H,2-4,9-14,20H2,1H3;1H. The molecule has 1 amide bonds. The van der Waals surface area contributed by atoms with Gasteiger partial charge in [-0.05, 0) is 62.3 Å². The second kappa shape index (κ2) is 9.37. The van der Waals surface area contributed by atoms with E-state index in [-0.39, 0.29) is 29.3 Å². The summed E-state index contributed by atoms with van der Waals surface area (Å²) in [6, 6.07) is 6.45. The number of rotatable bonds is 4. The second-order valence-electron chi connectivity index (χ2n) is 7.49. The van der Waals surface area contributed by atoms with E-state index in [1.165, 1.54) is 0 Å². The Morgan fingerprint density at radius 2 is 1.70 bits per heavy atom. The van der Waals surface area contributed by atoms with Gasteiger partial charge in [-0.2, -0.15) is 4.31 Å². The third-order valence-corrected chi connectivity index (χ3v) is 7.55. The maximum Gasteiger partial charge on any atom is 0.254 e. The van der Waals surface area contributed by atoms with Gasteiger partial charge in [0.05, 0.1) is 4.90 Å². The largest absolute Gasteiger partial charge is 0.334 e. The quantitative estimate of drug-likeness (QED) is 0.818. The summed E-state index contributed by atoms with van der Waals surface area (Å²) in [5, 5.41) is 0. The van der Waals surface area contributed by atoms with E-state index < -0.39 is 10.0 Å². The number of piperidine rings is 2. The van der Waals surface area contributed by atoms with Crippen molar-refractivity contribution >= 4 is 28.3 Å². The molecule has 3 rings (SSSR count). The Hall–Kier alpha value is -1.15. The van der Waals surface area contributed by atoms with Crippen LogP contribution < -0.4 is 5.73 Å². The number of carbonyl (C=O) groups excluding carboxylic acids is 1. The van der Waals surface area contributed by atoms with Crippen molar-refractivity contribution in [2.45, 2.75) is 50.0 Å². The smallest absolute Gasteiger partial charge is 0.254 e. The number of amides is 1. The van der Waals surface area contributed by atoms with Crippen LogP contribution in [0.4, 0.5) is 0 Å². The fraction of sp³-hybridized carbons (Fsp3) is 0.632. The van der Waals surface area contributed by atoms with Crippen LogP contribution in [0.5, 0.6) is 0 Å². The summed E-state index contributed by atoms with van der Waals surface area (Å²) in [5.74, 6) is 0.511. The summed E-state index contributed by atoms with van der Waals surface area (Å²) >= 11 is 0. The van der Waals surface area contributed by atoms with Crippen molar-refractivity contribution < 1.29 is 13.2 Å². The number of hydrogen-bond acceptors (Lipinski definition) is 4. The molecule has 1 unspecified atom stereocenters. The molecule has 2 aliphatic heterocycles. The molecule has 0 aromatic heterocycles. The van der Waals surface area contributed by atoms with Crippen molar-refractivity contribution in [3.63, 3.8) is 0 Å². The van der Waals surface area contributed by atoms with Gasteiger partial charge in [0, 0.05) is 37.8 Å². The molecule has 2 N–H and O–H groups in total. The fourth-order valence-corrected chi connectivity index (χ4v) is 5.29. The van der Waals surface area contributed by atoms with Crippen LogP contribution in [0.1, 0.15) is 49.4 Å². The summed E-state index contributed by atoms with van der Waals surface area (Å²) < 4.78 is 27.1. The highest BCUT2D eigenvalue weighted by Crippen LogP contribution is 2.24. The molecule has 152 valence electrons. The van der Waals surface area contributed by atoms with Gasteiger partial charge < -0.3 is 10.6 Å². The minimum absolute atomic E-state index is 0. The lowest BCUT2D eigenvalue weighted by Gasteiger charge is -2.35. The molecule has 2 fully saturated rings. The van der Waals surface area contributed by atoms with Crippen molar-refractivity contribution in [2.24, 2.45) is 11.7 Å². The van der Waals surface area contributed by atoms with Gasteiger partial charge in [0.25, 0.3) is 5.91 Å². The lowest BCUT2D eigenvalue weighted by Crippen LogP contribution is -2.47. The van der Waals surface area contributed by atoms with Crippen LogP contribution in [-0.4, -0.2) is 55.8 Å². The van der Waals surface area contributed by atoms with E-state index in [4.69, 9.17) is 5.73 Å². The molecule has 0 spiro atoms. The first-order valence-electron chi connectivity index (χ1n) is 9.54. The molecule has 1 atom stereocenters. The van der Waals surface area contributed by atoms with E-state index >= 15 is 0 Å². The maximum atomic E-state index is 12.8. The summed E-state index contributed by atoms with van der Waals surface area (Å²) in [6.07, 6.45) is 4.80. The molecule has 0 bridgehead atoms. The summed E-state index contributed by atoms with van der Waals surface area (Å²) in [6.45, 7) is 4.46. The molecule has 27 heavy (non-hydrogen) atoms. The van der Waals surface area contributed by atoms with Crippen LogP contribution in [0, 0.1) is 5.92 Å². The lowest BCUT2D eigenvalue weighted by atomic mass is 10.0. The highest BCUT2D eigenvalue weighted by atomic mass is 35.5. The van der Waals surface area contributed by atoms with Gasteiger partial charge in [-0.15, -0.1) is 12.4 Å². The molecular weight excluding hydrogens is 386 g/mol. The van der Waals surface area contributed by atoms with E-state index in [0.29, 0.717) is 37.7 Å². The second-order valence-corrected chi connectivity index (χ2v) is 9.43. The average Bonchev–Trinajstić information content (AvgIpc) is 2.68. The Morgan fingerprint density at radius 3 is 2.30 bits per heavy atom. The van der Waals surface area contributed by atoms with Crippen molar-refractivity contribution in [1.29, 1.82) is 0 Å². The number of halogens is 1. The molecular formula is C19H30ClN3O3S. The van der Waals surface area contributed by atoms with Crippen molar-refractivity contribution in [3.8, 4) is 0 Å². The predicted octanol–water partition coefficient (Wildman–Crippen LogP) is 2.48. The molecule has 2 aliphatic rings. The van der Waals surface area contributed by atoms with E-state index in [2.05, 4.69) is 6.92 Å². The van der Waals surface area contributed by atoms with Gasteiger partial charge in [0.15, 0.2) is 0 Å². The predicted molar refractivity (Wildman–Crippen MR) is 109 cm³/mol. The Morgan fingerprint density at radius 1 is 1.07 bits per heavy atom. The molecule has 2 heterocycles. The van der Waals surface area contributed by atoms with Crippen molar-refractivity contribution in [1.82, 2.24) is 9.21 Å². The number of nitrogens with zero attached hydrogens (tertiary/aromatic N) is 2. The van der Waals surface area contributed by atoms with E-state index in [1.807, 2.05) is 4.90 Å². The van der Waals surface area contributed by atoms with Gasteiger partial charge in [0.1, 0.15) is 0 Å². The van der Waals surface area contributed by atoms with Gasteiger partial charge in [0.2, 0.25) is 10.0 Å². The number of likely N-dealkylation sites (tertiary alicyclic amines) is 1. The summed E-state index contributed by atoms with van der Waals surface area (Å²) in [7, 11) is -3.48. The van der Waals surface area contributed by atoms with Crippen molar-refractivity contribution in [3.05, 3.63) is 29.8 Å². The average molecular weight is 416 g/mol. The normalized spacial score (nSPS) is 22.3. The number of carbonyl (C=O) groups is 1. The fourth-order valence-electron chi connectivity index (χ4n) is 3.82. The Labute approximate surface area is 168 Å². The van der Waals surface area contributed by atoms with Crippen molar-refractivity contribution in [2.75, 3.05) is 26.2 Å². The highest BCUT2D eigenvalue weighted by Gasteiger charge is 2.29. The van der Waals surface area contributed by atoms with Crippen LogP contribution >= 0.6 is 12.4 Å². The van der Waals surface area contributed by atoms with Gasteiger partial charge in [-0.1, -0.05) is 6.92 Å². The Kier molecular flexibility index (Phi) is 7.68. The van der Waals surface area contributed by atoms with E-state index in [1.54, 1.807) is 28.6 Å². The van der Waals surface area contributed by atoms with Crippen LogP contribution in [0.2, 0.25) is 0 Å². The molecule has 6 nitrogen and oxygen atoms in total. The first-order chi connectivity index (χ1) is 12.4. The van der Waals surface area contributed by atoms with E-state index in [0.717, 1.165) is 32.1 Å².